The first-order valence-corrected chi connectivity index (χ1v) is 11.5. The van der Waals surface area contributed by atoms with E-state index in [2.05, 4.69) is 4.98 Å². The monoisotopic (exact) mass is 449 g/mol. The predicted molar refractivity (Wildman–Crippen MR) is 124 cm³/mol. The van der Waals surface area contributed by atoms with Crippen molar-refractivity contribution in [2.45, 2.75) is 36.4 Å². The van der Waals surface area contributed by atoms with E-state index in [9.17, 15) is 4.79 Å². The van der Waals surface area contributed by atoms with E-state index in [1.54, 1.807) is 24.2 Å². The highest BCUT2D eigenvalue weighted by molar-refractivity contribution is 7.98. The molecule has 0 atom stereocenters. The van der Waals surface area contributed by atoms with E-state index in [1.165, 1.54) is 0 Å². The van der Waals surface area contributed by atoms with Crippen LogP contribution in [-0.4, -0.2) is 14.5 Å². The first-order valence-electron chi connectivity index (χ1n) is 10.1. The molecule has 0 N–H and O–H groups in total. The summed E-state index contributed by atoms with van der Waals surface area (Å²) in [5, 5.41) is 2.06. The van der Waals surface area contributed by atoms with Crippen molar-refractivity contribution < 1.29 is 4.74 Å². The standard InChI is InChI=1S/C24H20ClN3O2S/c25-18-7-10-22(30-14-16-4-3-11-26-13-16)17(12-18)15-31-24-27-21-6-2-1-5-20(21)23(29)28(24)19-8-9-19/h1-7,10-13,19H,8-9,14-15H2. The molecule has 1 aliphatic carbocycles. The summed E-state index contributed by atoms with van der Waals surface area (Å²) in [6.07, 6.45) is 5.57. The number of aromatic nitrogens is 3. The molecule has 0 aliphatic heterocycles. The third-order valence-corrected chi connectivity index (χ3v) is 6.42. The van der Waals surface area contributed by atoms with Crippen LogP contribution >= 0.6 is 23.4 Å². The van der Waals surface area contributed by atoms with Gasteiger partial charge in [-0.2, -0.15) is 0 Å². The zero-order valence-corrected chi connectivity index (χ0v) is 18.3. The lowest BCUT2D eigenvalue weighted by molar-refractivity contribution is 0.303. The first kappa shape index (κ1) is 20.1. The molecule has 0 radical (unpaired) electrons. The van der Waals surface area contributed by atoms with Crippen molar-refractivity contribution in [3.8, 4) is 5.75 Å². The summed E-state index contributed by atoms with van der Waals surface area (Å²) in [4.78, 5) is 22.0. The van der Waals surface area contributed by atoms with Crippen molar-refractivity contribution in [3.63, 3.8) is 0 Å². The van der Waals surface area contributed by atoms with Crippen molar-refractivity contribution in [3.05, 3.63) is 93.5 Å². The van der Waals surface area contributed by atoms with Crippen molar-refractivity contribution in [2.24, 2.45) is 0 Å². The maximum atomic E-state index is 13.1. The van der Waals surface area contributed by atoms with E-state index in [0.29, 0.717) is 22.8 Å². The van der Waals surface area contributed by atoms with Crippen LogP contribution in [0.2, 0.25) is 5.02 Å². The molecule has 2 aromatic carbocycles. The molecule has 2 aromatic heterocycles. The number of hydrogen-bond acceptors (Lipinski definition) is 5. The van der Waals surface area contributed by atoms with Crippen LogP contribution in [0.15, 0.2) is 76.9 Å². The number of benzene rings is 2. The van der Waals surface area contributed by atoms with Gasteiger partial charge in [-0.25, -0.2) is 4.98 Å². The normalized spacial score (nSPS) is 13.5. The van der Waals surface area contributed by atoms with Gasteiger partial charge in [0.25, 0.3) is 5.56 Å². The SMILES string of the molecule is O=c1c2ccccc2nc(SCc2cc(Cl)ccc2OCc2cccnc2)n1C1CC1. The molecule has 5 rings (SSSR count). The lowest BCUT2D eigenvalue weighted by atomic mass is 10.2. The highest BCUT2D eigenvalue weighted by atomic mass is 35.5. The van der Waals surface area contributed by atoms with Gasteiger partial charge in [0.2, 0.25) is 0 Å². The van der Waals surface area contributed by atoms with E-state index < -0.39 is 0 Å². The minimum absolute atomic E-state index is 0.0368. The summed E-state index contributed by atoms with van der Waals surface area (Å²) >= 11 is 7.81. The van der Waals surface area contributed by atoms with Gasteiger partial charge in [0.1, 0.15) is 12.4 Å². The molecule has 1 aliphatic rings. The highest BCUT2D eigenvalue weighted by Crippen LogP contribution is 2.38. The molecule has 0 amide bonds. The van der Waals surface area contributed by atoms with Gasteiger partial charge in [-0.1, -0.05) is 41.6 Å². The fraction of sp³-hybridized carbons (Fsp3) is 0.208. The second-order valence-electron chi connectivity index (χ2n) is 7.51. The number of nitrogens with zero attached hydrogens (tertiary/aromatic N) is 3. The van der Waals surface area contributed by atoms with Gasteiger partial charge >= 0.3 is 0 Å². The Morgan fingerprint density at radius 2 is 2.00 bits per heavy atom. The van der Waals surface area contributed by atoms with Crippen LogP contribution in [0.4, 0.5) is 0 Å². The van der Waals surface area contributed by atoms with Gasteiger partial charge in [-0.3, -0.25) is 14.3 Å². The first-order chi connectivity index (χ1) is 15.2. The van der Waals surface area contributed by atoms with Crippen molar-refractivity contribution >= 4 is 34.3 Å². The van der Waals surface area contributed by atoms with E-state index in [-0.39, 0.29) is 11.6 Å². The Hall–Kier alpha value is -2.83. The fourth-order valence-electron chi connectivity index (χ4n) is 3.47. The van der Waals surface area contributed by atoms with Gasteiger partial charge in [-0.15, -0.1) is 0 Å². The molecular formula is C24H20ClN3O2S. The van der Waals surface area contributed by atoms with Crippen LogP contribution in [0, 0.1) is 0 Å². The van der Waals surface area contributed by atoms with Crippen LogP contribution in [-0.2, 0) is 12.4 Å². The van der Waals surface area contributed by atoms with E-state index in [4.69, 9.17) is 21.3 Å². The highest BCUT2D eigenvalue weighted by Gasteiger charge is 2.28. The molecule has 0 bridgehead atoms. The smallest absolute Gasteiger partial charge is 0.262 e. The molecule has 7 heteroatoms. The molecule has 2 heterocycles. The lowest BCUT2D eigenvalue weighted by Crippen LogP contribution is -2.22. The molecule has 0 saturated heterocycles. The maximum absolute atomic E-state index is 13.1. The van der Waals surface area contributed by atoms with E-state index in [0.717, 1.165) is 40.4 Å². The Kier molecular flexibility index (Phi) is 5.66. The number of para-hydroxylation sites is 1. The third-order valence-electron chi connectivity index (χ3n) is 5.18. The summed E-state index contributed by atoms with van der Waals surface area (Å²) in [5.41, 5.74) is 2.72. The average Bonchev–Trinajstić information content (AvgIpc) is 3.63. The van der Waals surface area contributed by atoms with Gasteiger partial charge in [-0.05, 0) is 49.2 Å². The third kappa shape index (κ3) is 4.45. The number of ether oxygens (including phenoxy) is 1. The summed E-state index contributed by atoms with van der Waals surface area (Å²) < 4.78 is 7.90. The molecular weight excluding hydrogens is 430 g/mol. The van der Waals surface area contributed by atoms with Crippen molar-refractivity contribution in [2.75, 3.05) is 0 Å². The Labute approximate surface area is 189 Å². The predicted octanol–water partition coefficient (Wildman–Crippen LogP) is 5.65. The zero-order valence-electron chi connectivity index (χ0n) is 16.7. The quantitative estimate of drug-likeness (QED) is 0.269. The number of pyridine rings is 1. The second kappa shape index (κ2) is 8.73. The largest absolute Gasteiger partial charge is 0.489 e. The van der Waals surface area contributed by atoms with Crippen LogP contribution in [0.5, 0.6) is 5.75 Å². The number of thioether (sulfide) groups is 1. The number of rotatable bonds is 7. The molecule has 0 spiro atoms. The number of halogens is 1. The molecule has 156 valence electrons. The van der Waals surface area contributed by atoms with Crippen molar-refractivity contribution in [1.82, 2.24) is 14.5 Å². The minimum Gasteiger partial charge on any atom is -0.489 e. The molecule has 31 heavy (non-hydrogen) atoms. The lowest BCUT2D eigenvalue weighted by Gasteiger charge is -2.14. The molecule has 1 saturated carbocycles. The zero-order chi connectivity index (χ0) is 21.2. The average molecular weight is 450 g/mol. The maximum Gasteiger partial charge on any atom is 0.262 e. The van der Waals surface area contributed by atoms with Crippen LogP contribution in [0.25, 0.3) is 10.9 Å². The van der Waals surface area contributed by atoms with Gasteiger partial charge < -0.3 is 4.74 Å². The van der Waals surface area contributed by atoms with E-state index in [1.807, 2.05) is 59.2 Å². The molecule has 0 unspecified atom stereocenters. The van der Waals surface area contributed by atoms with E-state index >= 15 is 0 Å². The topological polar surface area (TPSA) is 57.0 Å². The molecule has 1 fully saturated rings. The summed E-state index contributed by atoms with van der Waals surface area (Å²) in [5.74, 6) is 1.36. The number of fused-ring (bicyclic) bond motifs is 1. The van der Waals surface area contributed by atoms with Gasteiger partial charge in [0.15, 0.2) is 5.16 Å². The van der Waals surface area contributed by atoms with Crippen LogP contribution in [0.3, 0.4) is 0 Å². The van der Waals surface area contributed by atoms with Gasteiger partial charge in [0.05, 0.1) is 10.9 Å². The van der Waals surface area contributed by atoms with Crippen LogP contribution < -0.4 is 10.3 Å². The summed E-state index contributed by atoms with van der Waals surface area (Å²) in [6.45, 7) is 0.425. The van der Waals surface area contributed by atoms with Crippen molar-refractivity contribution in [1.29, 1.82) is 0 Å². The minimum atomic E-state index is 0.0368. The summed E-state index contributed by atoms with van der Waals surface area (Å²) in [6, 6.07) is 17.3. The Morgan fingerprint density at radius 1 is 1.13 bits per heavy atom. The number of hydrogen-bond donors (Lipinski definition) is 0. The molecule has 5 nitrogen and oxygen atoms in total. The second-order valence-corrected chi connectivity index (χ2v) is 8.89. The Bertz CT molecular complexity index is 1290. The van der Waals surface area contributed by atoms with Gasteiger partial charge in [0, 0.05) is 40.3 Å². The Morgan fingerprint density at radius 3 is 2.81 bits per heavy atom. The molecule has 4 aromatic rings. The summed E-state index contributed by atoms with van der Waals surface area (Å²) in [7, 11) is 0. The Balaban J connectivity index is 1.42. The van der Waals surface area contributed by atoms with Crippen LogP contribution in [0.1, 0.15) is 30.0 Å². The fourth-order valence-corrected chi connectivity index (χ4v) is 4.71.